The standard InChI is InChI=1S/C20H13ClFN3O/c21-14-7-5-8-15(22)19(14)20(26)24-16-9-2-1-6-13(16)17-12-25-11-4-3-10-18(25)23-17/h1-12H,(H,24,26). The van der Waals surface area contributed by atoms with Crippen molar-refractivity contribution in [2.45, 2.75) is 0 Å². The second kappa shape index (κ2) is 6.61. The lowest BCUT2D eigenvalue weighted by Gasteiger charge is -2.11. The Bertz CT molecular complexity index is 1070. The lowest BCUT2D eigenvalue weighted by molar-refractivity contribution is 0.102. The highest BCUT2D eigenvalue weighted by Gasteiger charge is 2.18. The van der Waals surface area contributed by atoms with Gasteiger partial charge >= 0.3 is 0 Å². The van der Waals surface area contributed by atoms with E-state index in [1.165, 1.54) is 18.2 Å². The summed E-state index contributed by atoms with van der Waals surface area (Å²) < 4.78 is 15.9. The molecular formula is C20H13ClFN3O. The zero-order chi connectivity index (χ0) is 18.1. The molecule has 0 atom stereocenters. The van der Waals surface area contributed by atoms with Gasteiger partial charge in [0, 0.05) is 18.0 Å². The highest BCUT2D eigenvalue weighted by atomic mass is 35.5. The lowest BCUT2D eigenvalue weighted by Crippen LogP contribution is -2.15. The number of fused-ring (bicyclic) bond motifs is 1. The van der Waals surface area contributed by atoms with E-state index in [-0.39, 0.29) is 10.6 Å². The molecule has 0 aliphatic rings. The maximum absolute atomic E-state index is 14.0. The molecule has 2 aromatic heterocycles. The molecule has 0 radical (unpaired) electrons. The van der Waals surface area contributed by atoms with Gasteiger partial charge in [0.25, 0.3) is 5.91 Å². The van der Waals surface area contributed by atoms with Crippen molar-refractivity contribution in [2.75, 3.05) is 5.32 Å². The van der Waals surface area contributed by atoms with Crippen LogP contribution < -0.4 is 5.32 Å². The van der Waals surface area contributed by atoms with Crippen LogP contribution in [0.2, 0.25) is 5.02 Å². The van der Waals surface area contributed by atoms with Gasteiger partial charge in [0.1, 0.15) is 11.5 Å². The van der Waals surface area contributed by atoms with Gasteiger partial charge in [-0.2, -0.15) is 0 Å². The van der Waals surface area contributed by atoms with Crippen LogP contribution in [0, 0.1) is 5.82 Å². The molecule has 0 unspecified atom stereocenters. The minimum Gasteiger partial charge on any atom is -0.321 e. The van der Waals surface area contributed by atoms with E-state index in [1.807, 2.05) is 47.1 Å². The van der Waals surface area contributed by atoms with E-state index in [0.29, 0.717) is 11.4 Å². The smallest absolute Gasteiger partial charge is 0.260 e. The Hall–Kier alpha value is -3.18. The maximum Gasteiger partial charge on any atom is 0.260 e. The predicted octanol–water partition coefficient (Wildman–Crippen LogP) is 5.05. The molecule has 4 aromatic rings. The summed E-state index contributed by atoms with van der Waals surface area (Å²) in [5, 5.41) is 2.80. The summed E-state index contributed by atoms with van der Waals surface area (Å²) in [5.41, 5.74) is 2.57. The van der Waals surface area contributed by atoms with Crippen LogP contribution in [-0.2, 0) is 0 Å². The molecule has 0 aliphatic carbocycles. The fourth-order valence-electron chi connectivity index (χ4n) is 2.78. The highest BCUT2D eigenvalue weighted by molar-refractivity contribution is 6.34. The van der Waals surface area contributed by atoms with Crippen molar-refractivity contribution in [3.05, 3.63) is 89.5 Å². The van der Waals surface area contributed by atoms with Crippen molar-refractivity contribution in [1.82, 2.24) is 9.38 Å². The third-order valence-electron chi connectivity index (χ3n) is 4.01. The van der Waals surface area contributed by atoms with Gasteiger partial charge in [0.2, 0.25) is 0 Å². The first-order chi connectivity index (χ1) is 12.6. The first-order valence-corrected chi connectivity index (χ1v) is 8.30. The predicted molar refractivity (Wildman–Crippen MR) is 100.0 cm³/mol. The number of anilines is 1. The monoisotopic (exact) mass is 365 g/mol. The number of hydrogen-bond acceptors (Lipinski definition) is 2. The van der Waals surface area contributed by atoms with Crippen molar-refractivity contribution in [2.24, 2.45) is 0 Å². The normalized spacial score (nSPS) is 10.8. The van der Waals surface area contributed by atoms with Gasteiger partial charge in [-0.3, -0.25) is 4.79 Å². The van der Waals surface area contributed by atoms with E-state index in [1.54, 1.807) is 12.1 Å². The van der Waals surface area contributed by atoms with E-state index >= 15 is 0 Å². The van der Waals surface area contributed by atoms with Crippen molar-refractivity contribution in [3.63, 3.8) is 0 Å². The van der Waals surface area contributed by atoms with E-state index < -0.39 is 11.7 Å². The van der Waals surface area contributed by atoms with Gasteiger partial charge in [0.05, 0.1) is 22.0 Å². The number of nitrogens with zero attached hydrogens (tertiary/aromatic N) is 2. The summed E-state index contributed by atoms with van der Waals surface area (Å²) >= 11 is 5.98. The van der Waals surface area contributed by atoms with Crippen LogP contribution in [0.1, 0.15) is 10.4 Å². The molecule has 4 rings (SSSR count). The van der Waals surface area contributed by atoms with Crippen LogP contribution in [0.3, 0.4) is 0 Å². The Labute approximate surface area is 153 Å². The van der Waals surface area contributed by atoms with Gasteiger partial charge in [-0.25, -0.2) is 9.37 Å². The molecule has 0 spiro atoms. The molecule has 2 aromatic carbocycles. The number of pyridine rings is 1. The SMILES string of the molecule is O=C(Nc1ccccc1-c1cn2ccccc2n1)c1c(F)cccc1Cl. The third-order valence-corrected chi connectivity index (χ3v) is 4.32. The first-order valence-electron chi connectivity index (χ1n) is 7.92. The molecule has 2 heterocycles. The minimum atomic E-state index is -0.666. The fraction of sp³-hybridized carbons (Fsp3) is 0. The summed E-state index contributed by atoms with van der Waals surface area (Å²) in [4.78, 5) is 17.1. The molecule has 0 saturated carbocycles. The molecule has 1 amide bonds. The van der Waals surface area contributed by atoms with Gasteiger partial charge in [-0.1, -0.05) is 41.9 Å². The van der Waals surface area contributed by atoms with E-state index in [4.69, 9.17) is 11.6 Å². The average Bonchev–Trinajstić information content (AvgIpc) is 3.06. The summed E-state index contributed by atoms with van der Waals surface area (Å²) in [6.45, 7) is 0. The summed E-state index contributed by atoms with van der Waals surface area (Å²) in [5.74, 6) is -1.27. The van der Waals surface area contributed by atoms with Crippen molar-refractivity contribution in [3.8, 4) is 11.3 Å². The number of hydrogen-bond donors (Lipinski definition) is 1. The summed E-state index contributed by atoms with van der Waals surface area (Å²) in [6, 6.07) is 17.1. The Morgan fingerprint density at radius 2 is 1.85 bits per heavy atom. The Morgan fingerprint density at radius 3 is 2.65 bits per heavy atom. The molecule has 4 nitrogen and oxygen atoms in total. The van der Waals surface area contributed by atoms with Crippen molar-refractivity contribution < 1.29 is 9.18 Å². The van der Waals surface area contributed by atoms with Gasteiger partial charge in [-0.05, 0) is 30.3 Å². The molecule has 0 aliphatic heterocycles. The number of aromatic nitrogens is 2. The van der Waals surface area contributed by atoms with Crippen LogP contribution in [0.15, 0.2) is 73.1 Å². The largest absolute Gasteiger partial charge is 0.321 e. The number of imidazole rings is 1. The highest BCUT2D eigenvalue weighted by Crippen LogP contribution is 2.29. The first kappa shape index (κ1) is 16.3. The molecular weight excluding hydrogens is 353 g/mol. The van der Waals surface area contributed by atoms with E-state index in [9.17, 15) is 9.18 Å². The molecule has 128 valence electrons. The second-order valence-electron chi connectivity index (χ2n) is 5.69. The van der Waals surface area contributed by atoms with E-state index in [0.717, 1.165) is 11.2 Å². The zero-order valence-corrected chi connectivity index (χ0v) is 14.2. The van der Waals surface area contributed by atoms with E-state index in [2.05, 4.69) is 10.3 Å². The van der Waals surface area contributed by atoms with Crippen LogP contribution >= 0.6 is 11.6 Å². The molecule has 6 heteroatoms. The number of carbonyl (C=O) groups is 1. The van der Waals surface area contributed by atoms with Crippen LogP contribution in [0.25, 0.3) is 16.9 Å². The number of nitrogens with one attached hydrogen (secondary N) is 1. The molecule has 0 bridgehead atoms. The lowest BCUT2D eigenvalue weighted by atomic mass is 10.1. The van der Waals surface area contributed by atoms with Gasteiger partial charge in [-0.15, -0.1) is 0 Å². The molecule has 0 saturated heterocycles. The number of carbonyl (C=O) groups excluding carboxylic acids is 1. The average molecular weight is 366 g/mol. The van der Waals surface area contributed by atoms with Crippen molar-refractivity contribution in [1.29, 1.82) is 0 Å². The molecule has 1 N–H and O–H groups in total. The topological polar surface area (TPSA) is 46.4 Å². The third kappa shape index (κ3) is 2.93. The molecule has 26 heavy (non-hydrogen) atoms. The number of para-hydroxylation sites is 1. The zero-order valence-electron chi connectivity index (χ0n) is 13.5. The quantitative estimate of drug-likeness (QED) is 0.552. The van der Waals surface area contributed by atoms with Gasteiger partial charge in [0.15, 0.2) is 0 Å². The maximum atomic E-state index is 14.0. The summed E-state index contributed by atoms with van der Waals surface area (Å²) in [7, 11) is 0. The van der Waals surface area contributed by atoms with Crippen LogP contribution in [-0.4, -0.2) is 15.3 Å². The van der Waals surface area contributed by atoms with Crippen LogP contribution in [0.5, 0.6) is 0 Å². The molecule has 0 fully saturated rings. The fourth-order valence-corrected chi connectivity index (χ4v) is 3.03. The van der Waals surface area contributed by atoms with Crippen LogP contribution in [0.4, 0.5) is 10.1 Å². The number of amides is 1. The Kier molecular flexibility index (Phi) is 4.14. The Morgan fingerprint density at radius 1 is 1.04 bits per heavy atom. The minimum absolute atomic E-state index is 0.0627. The number of rotatable bonds is 3. The van der Waals surface area contributed by atoms with Crippen molar-refractivity contribution >= 4 is 28.8 Å². The number of halogens is 2. The second-order valence-corrected chi connectivity index (χ2v) is 6.10. The number of benzene rings is 2. The summed E-state index contributed by atoms with van der Waals surface area (Å²) in [6.07, 6.45) is 3.77. The van der Waals surface area contributed by atoms with Gasteiger partial charge < -0.3 is 9.72 Å². The Balaban J connectivity index is 1.73.